The first kappa shape index (κ1) is 24.8. The van der Waals surface area contributed by atoms with Crippen LogP contribution in [0.1, 0.15) is 43.5 Å². The topological polar surface area (TPSA) is 114 Å². The molecule has 36 heavy (non-hydrogen) atoms. The SMILES string of the molecule is C[C@@H](O)c1cc2cnc(Nc3ccc(CN4CCN(CCO)CC4)cn3)nc2c(N2CCCCC2)n1. The van der Waals surface area contributed by atoms with Gasteiger partial charge in [-0.1, -0.05) is 6.07 Å². The molecule has 0 saturated carbocycles. The van der Waals surface area contributed by atoms with Crippen molar-refractivity contribution in [1.82, 2.24) is 29.7 Å². The summed E-state index contributed by atoms with van der Waals surface area (Å²) in [4.78, 5) is 25.7. The van der Waals surface area contributed by atoms with Gasteiger partial charge in [0.1, 0.15) is 11.3 Å². The first-order valence-corrected chi connectivity index (χ1v) is 13.0. The van der Waals surface area contributed by atoms with Crippen LogP contribution in [0.4, 0.5) is 17.6 Å². The van der Waals surface area contributed by atoms with Crippen molar-refractivity contribution in [3.8, 4) is 0 Å². The van der Waals surface area contributed by atoms with Gasteiger partial charge in [0, 0.05) is 70.1 Å². The van der Waals surface area contributed by atoms with Crippen LogP contribution >= 0.6 is 0 Å². The fourth-order valence-corrected chi connectivity index (χ4v) is 4.92. The van der Waals surface area contributed by atoms with Crippen LogP contribution in [0.3, 0.4) is 0 Å². The van der Waals surface area contributed by atoms with Crippen molar-refractivity contribution in [3.63, 3.8) is 0 Å². The van der Waals surface area contributed by atoms with Crippen molar-refractivity contribution in [3.05, 3.63) is 41.9 Å². The van der Waals surface area contributed by atoms with E-state index >= 15 is 0 Å². The molecular weight excluding hydrogens is 456 g/mol. The smallest absolute Gasteiger partial charge is 0.229 e. The second-order valence-electron chi connectivity index (χ2n) is 9.74. The van der Waals surface area contributed by atoms with E-state index in [9.17, 15) is 5.11 Å². The summed E-state index contributed by atoms with van der Waals surface area (Å²) in [5.74, 6) is 1.99. The highest BCUT2D eigenvalue weighted by Crippen LogP contribution is 2.29. The van der Waals surface area contributed by atoms with Gasteiger partial charge in [0.15, 0.2) is 5.82 Å². The van der Waals surface area contributed by atoms with E-state index in [0.29, 0.717) is 17.5 Å². The second kappa shape index (κ2) is 11.4. The van der Waals surface area contributed by atoms with Crippen molar-refractivity contribution < 1.29 is 10.2 Å². The Morgan fingerprint density at radius 1 is 0.944 bits per heavy atom. The number of aromatic nitrogens is 4. The van der Waals surface area contributed by atoms with Gasteiger partial charge in [-0.2, -0.15) is 0 Å². The molecule has 3 N–H and O–H groups in total. The molecule has 2 saturated heterocycles. The molecule has 192 valence electrons. The number of nitrogens with one attached hydrogen (secondary N) is 1. The molecule has 10 heteroatoms. The summed E-state index contributed by atoms with van der Waals surface area (Å²) in [6, 6.07) is 5.92. The number of aliphatic hydroxyl groups excluding tert-OH is 2. The van der Waals surface area contributed by atoms with Gasteiger partial charge in [-0.3, -0.25) is 9.80 Å². The lowest BCUT2D eigenvalue weighted by Gasteiger charge is -2.34. The quantitative estimate of drug-likeness (QED) is 0.433. The second-order valence-corrected chi connectivity index (χ2v) is 9.74. The molecule has 3 aromatic heterocycles. The van der Waals surface area contributed by atoms with Crippen molar-refractivity contribution in [2.45, 2.75) is 38.8 Å². The average Bonchev–Trinajstić information content (AvgIpc) is 2.91. The normalized spacial score (nSPS) is 18.5. The molecule has 2 fully saturated rings. The molecule has 5 rings (SSSR count). The highest BCUT2D eigenvalue weighted by atomic mass is 16.3. The zero-order valence-electron chi connectivity index (χ0n) is 21.0. The first-order chi connectivity index (χ1) is 17.6. The number of anilines is 3. The Labute approximate surface area is 212 Å². The Hall–Kier alpha value is -2.92. The number of aliphatic hydroxyl groups is 2. The zero-order chi connectivity index (χ0) is 24.9. The molecule has 0 spiro atoms. The fourth-order valence-electron chi connectivity index (χ4n) is 4.92. The maximum atomic E-state index is 10.2. The summed E-state index contributed by atoms with van der Waals surface area (Å²) in [6.45, 7) is 9.42. The van der Waals surface area contributed by atoms with E-state index in [2.05, 4.69) is 36.1 Å². The number of piperidine rings is 1. The summed E-state index contributed by atoms with van der Waals surface area (Å²) in [6.07, 6.45) is 6.53. The van der Waals surface area contributed by atoms with E-state index in [1.165, 1.54) is 6.42 Å². The number of fused-ring (bicyclic) bond motifs is 1. The third-order valence-electron chi connectivity index (χ3n) is 7.00. The van der Waals surface area contributed by atoms with Crippen molar-refractivity contribution in [2.24, 2.45) is 0 Å². The maximum Gasteiger partial charge on any atom is 0.229 e. The maximum absolute atomic E-state index is 10.2. The lowest BCUT2D eigenvalue weighted by atomic mass is 10.1. The Morgan fingerprint density at radius 3 is 2.42 bits per heavy atom. The minimum atomic E-state index is -0.650. The molecule has 0 bridgehead atoms. The third kappa shape index (κ3) is 5.89. The average molecular weight is 493 g/mol. The number of nitrogens with zero attached hydrogens (tertiary/aromatic N) is 7. The Morgan fingerprint density at radius 2 is 1.72 bits per heavy atom. The third-order valence-corrected chi connectivity index (χ3v) is 7.00. The van der Waals surface area contributed by atoms with Crippen LogP contribution in [0.25, 0.3) is 10.9 Å². The van der Waals surface area contributed by atoms with Gasteiger partial charge in [-0.15, -0.1) is 0 Å². The highest BCUT2D eigenvalue weighted by molar-refractivity contribution is 5.89. The Kier molecular flexibility index (Phi) is 7.86. The molecule has 0 amide bonds. The molecule has 3 aromatic rings. The van der Waals surface area contributed by atoms with E-state index in [4.69, 9.17) is 15.1 Å². The van der Waals surface area contributed by atoms with Gasteiger partial charge in [0.05, 0.1) is 18.4 Å². The van der Waals surface area contributed by atoms with E-state index in [-0.39, 0.29) is 6.61 Å². The minimum absolute atomic E-state index is 0.221. The number of rotatable bonds is 8. The first-order valence-electron chi connectivity index (χ1n) is 13.0. The van der Waals surface area contributed by atoms with Crippen LogP contribution in [0, 0.1) is 0 Å². The standard InChI is InChI=1S/C26H36N8O2/c1-19(36)22-15-21-17-28-26(31-24(21)25(29-22)34-7-3-2-4-8-34)30-23-6-5-20(16-27-23)18-33-11-9-32(10-12-33)13-14-35/h5-6,15-17,19,35-36H,2-4,7-14,18H2,1H3,(H,27,28,30,31)/t19-/m1/s1. The number of hydrogen-bond acceptors (Lipinski definition) is 10. The largest absolute Gasteiger partial charge is 0.395 e. The van der Waals surface area contributed by atoms with Crippen molar-refractivity contribution in [2.75, 3.05) is 62.6 Å². The predicted octanol–water partition coefficient (Wildman–Crippen LogP) is 2.32. The molecular formula is C26H36N8O2. The molecule has 10 nitrogen and oxygen atoms in total. The van der Waals surface area contributed by atoms with Gasteiger partial charge in [-0.25, -0.2) is 19.9 Å². The lowest BCUT2D eigenvalue weighted by molar-refractivity contribution is 0.108. The summed E-state index contributed by atoms with van der Waals surface area (Å²) in [7, 11) is 0. The molecule has 0 aliphatic carbocycles. The molecule has 5 heterocycles. The molecule has 1 atom stereocenters. The molecule has 2 aliphatic rings. The summed E-state index contributed by atoms with van der Waals surface area (Å²) in [5, 5.41) is 23.4. The number of hydrogen-bond donors (Lipinski definition) is 3. The van der Waals surface area contributed by atoms with E-state index in [1.807, 2.05) is 18.3 Å². The van der Waals surface area contributed by atoms with Crippen LogP contribution in [-0.2, 0) is 6.54 Å². The van der Waals surface area contributed by atoms with Crippen LogP contribution in [0.15, 0.2) is 30.6 Å². The number of pyridine rings is 2. The number of β-amino-alcohol motifs (C(OH)–C–C–N with tert-alkyl or cyclic N) is 1. The van der Waals surface area contributed by atoms with Crippen molar-refractivity contribution in [1.29, 1.82) is 0 Å². The molecule has 2 aliphatic heterocycles. The minimum Gasteiger partial charge on any atom is -0.395 e. The van der Waals surface area contributed by atoms with Gasteiger partial charge in [0.2, 0.25) is 5.95 Å². The van der Waals surface area contributed by atoms with Gasteiger partial charge < -0.3 is 20.4 Å². The van der Waals surface area contributed by atoms with Gasteiger partial charge in [0.25, 0.3) is 0 Å². The summed E-state index contributed by atoms with van der Waals surface area (Å²) < 4.78 is 0. The van der Waals surface area contributed by atoms with Crippen molar-refractivity contribution >= 4 is 28.5 Å². The van der Waals surface area contributed by atoms with Gasteiger partial charge in [-0.05, 0) is 43.9 Å². The van der Waals surface area contributed by atoms with E-state index in [1.54, 1.807) is 13.1 Å². The predicted molar refractivity (Wildman–Crippen MR) is 140 cm³/mol. The van der Waals surface area contributed by atoms with Crippen LogP contribution in [-0.4, -0.2) is 92.4 Å². The highest BCUT2D eigenvalue weighted by Gasteiger charge is 2.20. The number of piperazine rings is 1. The van der Waals surface area contributed by atoms with Crippen LogP contribution in [0.5, 0.6) is 0 Å². The van der Waals surface area contributed by atoms with Crippen LogP contribution < -0.4 is 10.2 Å². The molecule has 0 unspecified atom stereocenters. The zero-order valence-corrected chi connectivity index (χ0v) is 21.0. The monoisotopic (exact) mass is 492 g/mol. The Bertz CT molecular complexity index is 1140. The molecule has 0 aromatic carbocycles. The summed E-state index contributed by atoms with van der Waals surface area (Å²) >= 11 is 0. The summed E-state index contributed by atoms with van der Waals surface area (Å²) in [5.41, 5.74) is 2.59. The van der Waals surface area contributed by atoms with Gasteiger partial charge >= 0.3 is 0 Å². The van der Waals surface area contributed by atoms with E-state index < -0.39 is 6.10 Å². The Balaban J connectivity index is 1.29. The lowest BCUT2D eigenvalue weighted by Crippen LogP contribution is -2.46. The van der Waals surface area contributed by atoms with Crippen LogP contribution in [0.2, 0.25) is 0 Å². The van der Waals surface area contributed by atoms with E-state index in [0.717, 1.165) is 87.5 Å². The molecule has 0 radical (unpaired) electrons. The fraction of sp³-hybridized carbons (Fsp3) is 0.538.